The topological polar surface area (TPSA) is 3.24 Å². The largest absolute Gasteiger partial charge is 0.299 e. The molecule has 1 nitrogen and oxygen atoms in total. The zero-order valence-electron chi connectivity index (χ0n) is 7.14. The van der Waals surface area contributed by atoms with Crippen LogP contribution in [-0.2, 0) is 0 Å². The Hall–Kier alpha value is -0.0400. The van der Waals surface area contributed by atoms with Crippen molar-refractivity contribution < 1.29 is 0 Å². The third-order valence-corrected chi connectivity index (χ3v) is 2.26. The van der Waals surface area contributed by atoms with E-state index in [9.17, 15) is 0 Å². The fraction of sp³-hybridized carbons (Fsp3) is 0.889. The minimum absolute atomic E-state index is 0.960. The van der Waals surface area contributed by atoms with Crippen LogP contribution in [0, 0.1) is 12.5 Å². The average Bonchev–Trinajstić information content (AvgIpc) is 1.95. The van der Waals surface area contributed by atoms with Gasteiger partial charge in [-0.2, -0.15) is 0 Å². The molecule has 10 heavy (non-hydrogen) atoms. The summed E-state index contributed by atoms with van der Waals surface area (Å²) in [5, 5.41) is 0. The molecule has 0 atom stereocenters. The van der Waals surface area contributed by atoms with Gasteiger partial charge >= 0.3 is 0 Å². The van der Waals surface area contributed by atoms with Crippen LogP contribution >= 0.6 is 0 Å². The van der Waals surface area contributed by atoms with Crippen LogP contribution in [0.1, 0.15) is 33.1 Å². The standard InChI is InChI=1S/C9H18N/c1-3-6-10-7-4-9(2)5-8-10/h6,9H,3-5,7-8H2,1-2H3. The van der Waals surface area contributed by atoms with Gasteiger partial charge < -0.3 is 0 Å². The number of nitrogens with zero attached hydrogens (tertiary/aromatic N) is 1. The van der Waals surface area contributed by atoms with Gasteiger partial charge in [0.15, 0.2) is 0 Å². The molecule has 1 heterocycles. The number of hydrogen-bond acceptors (Lipinski definition) is 1. The summed E-state index contributed by atoms with van der Waals surface area (Å²) in [5.74, 6) is 0.960. The van der Waals surface area contributed by atoms with E-state index in [1.165, 1.54) is 32.4 Å². The Bertz CT molecular complexity index is 82.7. The van der Waals surface area contributed by atoms with E-state index in [1.807, 2.05) is 0 Å². The van der Waals surface area contributed by atoms with Gasteiger partial charge in [-0.1, -0.05) is 13.8 Å². The first-order chi connectivity index (χ1) is 4.83. The van der Waals surface area contributed by atoms with Gasteiger partial charge in [-0.15, -0.1) is 0 Å². The average molecular weight is 140 g/mol. The summed E-state index contributed by atoms with van der Waals surface area (Å²) in [4.78, 5) is 2.46. The Labute approximate surface area is 64.4 Å². The van der Waals surface area contributed by atoms with Crippen LogP contribution in [0.15, 0.2) is 0 Å². The minimum Gasteiger partial charge on any atom is -0.299 e. The highest BCUT2D eigenvalue weighted by atomic mass is 15.1. The molecule has 1 radical (unpaired) electrons. The predicted octanol–water partition coefficient (Wildman–Crippen LogP) is 2.29. The van der Waals surface area contributed by atoms with Crippen LogP contribution in [-0.4, -0.2) is 18.0 Å². The zero-order valence-corrected chi connectivity index (χ0v) is 7.14. The molecule has 0 aromatic carbocycles. The lowest BCUT2D eigenvalue weighted by molar-refractivity contribution is 0.227. The van der Waals surface area contributed by atoms with Crippen molar-refractivity contribution >= 4 is 0 Å². The normalized spacial score (nSPS) is 23.4. The van der Waals surface area contributed by atoms with E-state index >= 15 is 0 Å². The van der Waals surface area contributed by atoms with Crippen molar-refractivity contribution in [2.45, 2.75) is 33.1 Å². The summed E-state index contributed by atoms with van der Waals surface area (Å²) in [6, 6.07) is 0. The molecule has 1 heteroatoms. The van der Waals surface area contributed by atoms with E-state index < -0.39 is 0 Å². The fourth-order valence-corrected chi connectivity index (χ4v) is 1.47. The summed E-state index contributed by atoms with van der Waals surface area (Å²) >= 11 is 0. The molecule has 0 aromatic heterocycles. The molecule has 0 N–H and O–H groups in total. The van der Waals surface area contributed by atoms with Crippen LogP contribution in [0.2, 0.25) is 0 Å². The fourth-order valence-electron chi connectivity index (χ4n) is 1.47. The number of rotatable bonds is 2. The Kier molecular flexibility index (Phi) is 3.20. The van der Waals surface area contributed by atoms with Gasteiger partial charge in [-0.25, -0.2) is 0 Å². The molecule has 0 spiro atoms. The van der Waals surface area contributed by atoms with E-state index in [4.69, 9.17) is 0 Å². The molecule has 1 saturated heterocycles. The lowest BCUT2D eigenvalue weighted by Gasteiger charge is -2.29. The summed E-state index contributed by atoms with van der Waals surface area (Å²) in [6.45, 7) is 9.46. The summed E-state index contributed by atoms with van der Waals surface area (Å²) < 4.78 is 0. The molecule has 59 valence electrons. The van der Waals surface area contributed by atoms with Gasteiger partial charge in [-0.05, 0) is 38.3 Å². The molecule has 1 aliphatic rings. The minimum atomic E-state index is 0.960. The Balaban J connectivity index is 2.13. The van der Waals surface area contributed by atoms with Crippen LogP contribution in [0.3, 0.4) is 0 Å². The highest BCUT2D eigenvalue weighted by molar-refractivity contribution is 4.74. The smallest absolute Gasteiger partial charge is 0.0248 e. The van der Waals surface area contributed by atoms with Crippen LogP contribution in [0.5, 0.6) is 0 Å². The van der Waals surface area contributed by atoms with E-state index in [0.717, 1.165) is 5.92 Å². The molecule has 0 bridgehead atoms. The molecule has 0 aliphatic carbocycles. The van der Waals surface area contributed by atoms with Crippen molar-refractivity contribution in [3.63, 3.8) is 0 Å². The zero-order chi connectivity index (χ0) is 7.40. The Morgan fingerprint density at radius 2 is 2.00 bits per heavy atom. The van der Waals surface area contributed by atoms with E-state index in [-0.39, 0.29) is 0 Å². The number of piperidine rings is 1. The second kappa shape index (κ2) is 3.97. The first-order valence-corrected chi connectivity index (χ1v) is 4.40. The quantitative estimate of drug-likeness (QED) is 0.569. The van der Waals surface area contributed by atoms with Crippen LogP contribution in [0.25, 0.3) is 0 Å². The third kappa shape index (κ3) is 2.30. The SMILES string of the molecule is CC[CH]N1CCC(C)CC1. The molecular weight excluding hydrogens is 122 g/mol. The molecule has 0 unspecified atom stereocenters. The van der Waals surface area contributed by atoms with Gasteiger partial charge in [0, 0.05) is 6.54 Å². The summed E-state index contributed by atoms with van der Waals surface area (Å²) in [5.41, 5.74) is 0. The number of likely N-dealkylation sites (tertiary alicyclic amines) is 1. The van der Waals surface area contributed by atoms with E-state index in [0.29, 0.717) is 0 Å². The molecule has 1 fully saturated rings. The second-order valence-corrected chi connectivity index (χ2v) is 3.31. The van der Waals surface area contributed by atoms with Crippen molar-refractivity contribution in [2.24, 2.45) is 5.92 Å². The summed E-state index contributed by atoms with van der Waals surface area (Å²) in [6.07, 6.45) is 3.96. The maximum atomic E-state index is 2.46. The van der Waals surface area contributed by atoms with Crippen molar-refractivity contribution in [1.29, 1.82) is 0 Å². The molecule has 0 saturated carbocycles. The predicted molar refractivity (Wildman–Crippen MR) is 44.6 cm³/mol. The highest BCUT2D eigenvalue weighted by Gasteiger charge is 2.13. The third-order valence-electron chi connectivity index (χ3n) is 2.26. The van der Waals surface area contributed by atoms with Crippen molar-refractivity contribution in [3.05, 3.63) is 6.54 Å². The Morgan fingerprint density at radius 1 is 1.40 bits per heavy atom. The Morgan fingerprint density at radius 3 is 2.50 bits per heavy atom. The molecule has 0 amide bonds. The lowest BCUT2D eigenvalue weighted by atomic mass is 9.99. The van der Waals surface area contributed by atoms with Gasteiger partial charge in [0.25, 0.3) is 0 Å². The molecule has 1 aliphatic heterocycles. The van der Waals surface area contributed by atoms with E-state index in [2.05, 4.69) is 25.3 Å². The van der Waals surface area contributed by atoms with Gasteiger partial charge in [0.1, 0.15) is 0 Å². The van der Waals surface area contributed by atoms with Crippen molar-refractivity contribution in [3.8, 4) is 0 Å². The molecule has 0 aromatic rings. The lowest BCUT2D eigenvalue weighted by Crippen LogP contribution is -2.30. The van der Waals surface area contributed by atoms with Crippen molar-refractivity contribution in [1.82, 2.24) is 4.90 Å². The molecular formula is C9H18N. The van der Waals surface area contributed by atoms with Gasteiger partial charge in [0.2, 0.25) is 0 Å². The summed E-state index contributed by atoms with van der Waals surface area (Å²) in [7, 11) is 0. The maximum absolute atomic E-state index is 2.46. The van der Waals surface area contributed by atoms with Crippen LogP contribution in [0.4, 0.5) is 0 Å². The number of hydrogen-bond donors (Lipinski definition) is 0. The van der Waals surface area contributed by atoms with Gasteiger partial charge in [-0.3, -0.25) is 4.90 Å². The first kappa shape index (κ1) is 8.06. The molecule has 1 rings (SSSR count). The highest BCUT2D eigenvalue weighted by Crippen LogP contribution is 2.16. The first-order valence-electron chi connectivity index (χ1n) is 4.40. The monoisotopic (exact) mass is 140 g/mol. The van der Waals surface area contributed by atoms with Crippen molar-refractivity contribution in [2.75, 3.05) is 13.1 Å². The van der Waals surface area contributed by atoms with E-state index in [1.54, 1.807) is 0 Å². The van der Waals surface area contributed by atoms with Crippen LogP contribution < -0.4 is 0 Å². The second-order valence-electron chi connectivity index (χ2n) is 3.31. The van der Waals surface area contributed by atoms with Gasteiger partial charge in [0.05, 0.1) is 0 Å². The maximum Gasteiger partial charge on any atom is 0.0248 e.